The van der Waals surface area contributed by atoms with E-state index in [0.717, 1.165) is 10.0 Å². The van der Waals surface area contributed by atoms with Gasteiger partial charge in [0.1, 0.15) is 5.15 Å². The maximum Gasteiger partial charge on any atom is 0.143 e. The lowest BCUT2D eigenvalue weighted by atomic mass is 10.2. The van der Waals surface area contributed by atoms with E-state index >= 15 is 0 Å². The SMILES string of the molecule is OCCc1cnc(Cl)c(Br)c1. The Morgan fingerprint density at radius 1 is 1.64 bits per heavy atom. The molecule has 0 radical (unpaired) electrons. The van der Waals surface area contributed by atoms with E-state index in [2.05, 4.69) is 20.9 Å². The summed E-state index contributed by atoms with van der Waals surface area (Å²) in [5.74, 6) is 0. The van der Waals surface area contributed by atoms with Gasteiger partial charge in [0.05, 0.1) is 4.47 Å². The molecule has 0 aromatic carbocycles. The first kappa shape index (κ1) is 8.97. The summed E-state index contributed by atoms with van der Waals surface area (Å²) >= 11 is 8.90. The maximum atomic E-state index is 8.60. The fourth-order valence-electron chi connectivity index (χ4n) is 0.727. The molecule has 60 valence electrons. The van der Waals surface area contributed by atoms with Gasteiger partial charge in [-0.1, -0.05) is 11.6 Å². The highest BCUT2D eigenvalue weighted by molar-refractivity contribution is 9.10. The number of halogens is 2. The highest BCUT2D eigenvalue weighted by Crippen LogP contribution is 2.20. The molecule has 0 spiro atoms. The summed E-state index contributed by atoms with van der Waals surface area (Å²) in [5, 5.41) is 9.05. The van der Waals surface area contributed by atoms with Gasteiger partial charge in [-0.15, -0.1) is 0 Å². The van der Waals surface area contributed by atoms with Crippen molar-refractivity contribution in [2.24, 2.45) is 0 Å². The van der Waals surface area contributed by atoms with Gasteiger partial charge < -0.3 is 5.11 Å². The fourth-order valence-corrected chi connectivity index (χ4v) is 1.23. The molecule has 0 aliphatic heterocycles. The molecule has 0 amide bonds. The molecule has 0 saturated carbocycles. The molecule has 1 N–H and O–H groups in total. The number of hydrogen-bond donors (Lipinski definition) is 1. The molecule has 1 heterocycles. The number of rotatable bonds is 2. The Balaban J connectivity index is 2.86. The summed E-state index contributed by atoms with van der Waals surface area (Å²) in [6.45, 7) is 0.135. The van der Waals surface area contributed by atoms with Crippen LogP contribution in [-0.4, -0.2) is 16.7 Å². The highest BCUT2D eigenvalue weighted by atomic mass is 79.9. The van der Waals surface area contributed by atoms with Gasteiger partial charge in [-0.3, -0.25) is 0 Å². The zero-order valence-corrected chi connectivity index (χ0v) is 8.06. The fraction of sp³-hybridized carbons (Fsp3) is 0.286. The van der Waals surface area contributed by atoms with E-state index in [9.17, 15) is 0 Å². The predicted molar refractivity (Wildman–Crippen MR) is 47.7 cm³/mol. The lowest BCUT2D eigenvalue weighted by Gasteiger charge is -1.98. The molecule has 0 unspecified atom stereocenters. The van der Waals surface area contributed by atoms with Gasteiger partial charge in [-0.2, -0.15) is 0 Å². The lowest BCUT2D eigenvalue weighted by Crippen LogP contribution is -1.91. The molecular weight excluding hydrogens is 229 g/mol. The summed E-state index contributed by atoms with van der Waals surface area (Å²) in [6, 6.07) is 1.85. The van der Waals surface area contributed by atoms with Crippen molar-refractivity contribution < 1.29 is 5.11 Å². The minimum Gasteiger partial charge on any atom is -0.396 e. The topological polar surface area (TPSA) is 33.1 Å². The van der Waals surface area contributed by atoms with E-state index in [1.165, 1.54) is 0 Å². The second-order valence-corrected chi connectivity index (χ2v) is 3.30. The summed E-state index contributed by atoms with van der Waals surface area (Å²) in [5.41, 5.74) is 0.976. The van der Waals surface area contributed by atoms with Crippen molar-refractivity contribution in [1.82, 2.24) is 4.98 Å². The number of hydrogen-bond acceptors (Lipinski definition) is 2. The number of nitrogens with zero attached hydrogens (tertiary/aromatic N) is 1. The Labute approximate surface area is 78.3 Å². The van der Waals surface area contributed by atoms with Gasteiger partial charge in [0, 0.05) is 12.8 Å². The van der Waals surface area contributed by atoms with E-state index in [1.54, 1.807) is 6.20 Å². The van der Waals surface area contributed by atoms with Crippen molar-refractivity contribution in [3.63, 3.8) is 0 Å². The van der Waals surface area contributed by atoms with Gasteiger partial charge in [-0.05, 0) is 34.0 Å². The first-order chi connectivity index (χ1) is 5.24. The Kier molecular flexibility index (Phi) is 3.30. The molecule has 0 aliphatic rings. The minimum atomic E-state index is 0.135. The Morgan fingerprint density at radius 3 is 2.91 bits per heavy atom. The van der Waals surface area contributed by atoms with Crippen molar-refractivity contribution in [3.05, 3.63) is 27.5 Å². The van der Waals surface area contributed by atoms with Crippen LogP contribution in [0.2, 0.25) is 5.15 Å². The van der Waals surface area contributed by atoms with Crippen LogP contribution in [0.3, 0.4) is 0 Å². The van der Waals surface area contributed by atoms with Crippen LogP contribution in [0, 0.1) is 0 Å². The van der Waals surface area contributed by atoms with E-state index in [-0.39, 0.29) is 6.61 Å². The van der Waals surface area contributed by atoms with Gasteiger partial charge >= 0.3 is 0 Å². The number of pyridine rings is 1. The quantitative estimate of drug-likeness (QED) is 0.797. The van der Waals surface area contributed by atoms with Crippen LogP contribution >= 0.6 is 27.5 Å². The van der Waals surface area contributed by atoms with Crippen molar-refractivity contribution >= 4 is 27.5 Å². The molecule has 0 aliphatic carbocycles. The third-order valence-electron chi connectivity index (χ3n) is 1.25. The Hall–Kier alpha value is -0.120. The standard InChI is InChI=1S/C7H7BrClNO/c8-6-3-5(1-2-11)4-10-7(6)9/h3-4,11H,1-2H2. The smallest absolute Gasteiger partial charge is 0.143 e. The van der Waals surface area contributed by atoms with Crippen LogP contribution in [-0.2, 0) is 6.42 Å². The normalized spacial score (nSPS) is 10.1. The molecule has 0 atom stereocenters. The predicted octanol–water partition coefficient (Wildman–Crippen LogP) is 2.03. The van der Waals surface area contributed by atoms with Gasteiger partial charge in [0.15, 0.2) is 0 Å². The van der Waals surface area contributed by atoms with Gasteiger partial charge in [0.25, 0.3) is 0 Å². The van der Waals surface area contributed by atoms with E-state index in [0.29, 0.717) is 11.6 Å². The summed E-state index contributed by atoms with van der Waals surface area (Å²) in [7, 11) is 0. The van der Waals surface area contributed by atoms with Crippen LogP contribution in [0.1, 0.15) is 5.56 Å². The molecular formula is C7H7BrClNO. The monoisotopic (exact) mass is 235 g/mol. The molecule has 1 aromatic heterocycles. The molecule has 11 heavy (non-hydrogen) atoms. The molecule has 0 saturated heterocycles. The van der Waals surface area contributed by atoms with E-state index in [1.807, 2.05) is 6.07 Å². The van der Waals surface area contributed by atoms with Crippen molar-refractivity contribution in [1.29, 1.82) is 0 Å². The molecule has 1 rings (SSSR count). The zero-order chi connectivity index (χ0) is 8.27. The molecule has 0 bridgehead atoms. The number of aromatic nitrogens is 1. The largest absolute Gasteiger partial charge is 0.396 e. The lowest BCUT2D eigenvalue weighted by molar-refractivity contribution is 0.299. The maximum absolute atomic E-state index is 8.60. The van der Waals surface area contributed by atoms with Gasteiger partial charge in [0.2, 0.25) is 0 Å². The second kappa shape index (κ2) is 4.04. The molecule has 2 nitrogen and oxygen atoms in total. The Bertz CT molecular complexity index is 254. The molecule has 4 heteroatoms. The molecule has 1 aromatic rings. The van der Waals surface area contributed by atoms with Crippen LogP contribution < -0.4 is 0 Å². The van der Waals surface area contributed by atoms with Gasteiger partial charge in [-0.25, -0.2) is 4.98 Å². The Morgan fingerprint density at radius 2 is 2.36 bits per heavy atom. The molecule has 0 fully saturated rings. The average molecular weight is 236 g/mol. The first-order valence-corrected chi connectivity index (χ1v) is 4.32. The third-order valence-corrected chi connectivity index (χ3v) is 2.39. The summed E-state index contributed by atoms with van der Waals surface area (Å²) in [4.78, 5) is 3.90. The van der Waals surface area contributed by atoms with Crippen molar-refractivity contribution in [3.8, 4) is 0 Å². The number of aliphatic hydroxyl groups is 1. The second-order valence-electron chi connectivity index (χ2n) is 2.09. The summed E-state index contributed by atoms with van der Waals surface area (Å²) in [6.07, 6.45) is 2.27. The van der Waals surface area contributed by atoms with E-state index < -0.39 is 0 Å². The zero-order valence-electron chi connectivity index (χ0n) is 5.72. The highest BCUT2D eigenvalue weighted by Gasteiger charge is 1.98. The first-order valence-electron chi connectivity index (χ1n) is 3.15. The van der Waals surface area contributed by atoms with Crippen molar-refractivity contribution in [2.75, 3.05) is 6.61 Å². The number of aliphatic hydroxyl groups excluding tert-OH is 1. The summed E-state index contributed by atoms with van der Waals surface area (Å²) < 4.78 is 0.769. The van der Waals surface area contributed by atoms with Crippen LogP contribution in [0.25, 0.3) is 0 Å². The van der Waals surface area contributed by atoms with E-state index in [4.69, 9.17) is 16.7 Å². The van der Waals surface area contributed by atoms with Crippen LogP contribution in [0.15, 0.2) is 16.7 Å². The third kappa shape index (κ3) is 2.43. The van der Waals surface area contributed by atoms with Crippen LogP contribution in [0.4, 0.5) is 0 Å². The van der Waals surface area contributed by atoms with Crippen molar-refractivity contribution in [2.45, 2.75) is 6.42 Å². The average Bonchev–Trinajstić information content (AvgIpc) is 1.98. The van der Waals surface area contributed by atoms with Crippen LogP contribution in [0.5, 0.6) is 0 Å². The minimum absolute atomic E-state index is 0.135.